The van der Waals surface area contributed by atoms with Gasteiger partial charge < -0.3 is 24.6 Å². The number of para-hydroxylation sites is 1. The Hall–Kier alpha value is -2.97. The molecule has 0 spiro atoms. The van der Waals surface area contributed by atoms with Crippen LogP contribution in [-0.4, -0.2) is 67.4 Å². The lowest BCUT2D eigenvalue weighted by molar-refractivity contribution is 0.0975. The van der Waals surface area contributed by atoms with E-state index in [0.29, 0.717) is 30.8 Å². The summed E-state index contributed by atoms with van der Waals surface area (Å²) in [4.78, 5) is 14.8. The fourth-order valence-corrected chi connectivity index (χ4v) is 6.54. The summed E-state index contributed by atoms with van der Waals surface area (Å²) in [5, 5.41) is 3.91. The lowest BCUT2D eigenvalue weighted by Gasteiger charge is -2.35. The second-order valence-electron chi connectivity index (χ2n) is 11.5. The van der Waals surface area contributed by atoms with Crippen LogP contribution in [0.5, 0.6) is 5.88 Å². The fourth-order valence-electron chi connectivity index (χ4n) is 6.54. The highest BCUT2D eigenvalue weighted by Gasteiger charge is 2.25. The van der Waals surface area contributed by atoms with Crippen molar-refractivity contribution >= 4 is 22.4 Å². The molecule has 2 aromatic heterocycles. The van der Waals surface area contributed by atoms with Crippen LogP contribution in [0.4, 0.5) is 15.8 Å². The monoisotopic (exact) mass is 547 g/mol. The van der Waals surface area contributed by atoms with E-state index in [-0.39, 0.29) is 5.82 Å². The van der Waals surface area contributed by atoms with E-state index in [1.807, 2.05) is 12.1 Å². The molecule has 2 saturated heterocycles. The van der Waals surface area contributed by atoms with E-state index in [1.54, 1.807) is 19.2 Å². The van der Waals surface area contributed by atoms with Crippen LogP contribution in [0.25, 0.3) is 11.0 Å². The van der Waals surface area contributed by atoms with E-state index in [9.17, 15) is 4.39 Å². The first-order chi connectivity index (χ1) is 19.7. The van der Waals surface area contributed by atoms with Gasteiger partial charge in [0.1, 0.15) is 11.3 Å². The van der Waals surface area contributed by atoms with E-state index in [4.69, 9.17) is 19.4 Å². The standard InChI is InChI=1S/C32H42FN5O2/c1-39-32-23(22-40-20-19-37-15-7-8-16-37)21-28-31(36-32)30(25-9-3-2-4-11-27(25)35-28)34-24-13-17-38(18-14-24)29-12-6-5-10-26(29)33/h5-6,10,12,21,24H,2-4,7-9,11,13-20,22H2,1H3,(H,34,35). The molecule has 7 nitrogen and oxygen atoms in total. The molecule has 1 aromatic carbocycles. The van der Waals surface area contributed by atoms with Crippen molar-refractivity contribution in [2.45, 2.75) is 70.4 Å². The first-order valence-electron chi connectivity index (χ1n) is 15.1. The van der Waals surface area contributed by atoms with Crippen molar-refractivity contribution in [3.8, 4) is 5.88 Å². The number of hydrogen-bond donors (Lipinski definition) is 1. The third kappa shape index (κ3) is 6.03. The average molecular weight is 548 g/mol. The number of piperidine rings is 1. The van der Waals surface area contributed by atoms with Gasteiger partial charge in [0.15, 0.2) is 0 Å². The molecule has 0 atom stereocenters. The van der Waals surface area contributed by atoms with Crippen LogP contribution in [0.15, 0.2) is 30.3 Å². The van der Waals surface area contributed by atoms with Crippen molar-refractivity contribution in [3.63, 3.8) is 0 Å². The quantitative estimate of drug-likeness (QED) is 0.271. The number of methoxy groups -OCH3 is 1. The number of nitrogens with one attached hydrogen (secondary N) is 1. The number of aryl methyl sites for hydroxylation is 1. The number of aromatic nitrogens is 2. The molecular weight excluding hydrogens is 505 g/mol. The fraction of sp³-hybridized carbons (Fsp3) is 0.562. The zero-order valence-electron chi connectivity index (χ0n) is 23.8. The summed E-state index contributed by atoms with van der Waals surface area (Å²) < 4.78 is 26.2. The molecule has 0 bridgehead atoms. The molecule has 1 aliphatic carbocycles. The number of anilines is 2. The minimum Gasteiger partial charge on any atom is -0.481 e. The maximum absolute atomic E-state index is 14.4. The van der Waals surface area contributed by atoms with Crippen LogP contribution in [0, 0.1) is 5.82 Å². The number of hydrogen-bond acceptors (Lipinski definition) is 7. The molecule has 2 aliphatic heterocycles. The number of halogens is 1. The number of ether oxygens (including phenoxy) is 2. The van der Waals surface area contributed by atoms with Gasteiger partial charge in [0.2, 0.25) is 5.88 Å². The third-order valence-corrected chi connectivity index (χ3v) is 8.76. The van der Waals surface area contributed by atoms with Gasteiger partial charge in [0.25, 0.3) is 0 Å². The van der Waals surface area contributed by atoms with Crippen LogP contribution >= 0.6 is 0 Å². The molecule has 2 fully saturated rings. The van der Waals surface area contributed by atoms with Gasteiger partial charge in [0.05, 0.1) is 37.2 Å². The molecule has 0 unspecified atom stereocenters. The molecular formula is C32H42FN5O2. The van der Waals surface area contributed by atoms with E-state index < -0.39 is 0 Å². The van der Waals surface area contributed by atoms with Crippen LogP contribution in [0.2, 0.25) is 0 Å². The Labute approximate surface area is 237 Å². The summed E-state index contributed by atoms with van der Waals surface area (Å²) in [6.45, 7) is 6.14. The Morgan fingerprint density at radius 2 is 1.77 bits per heavy atom. The molecule has 0 radical (unpaired) electrons. The van der Waals surface area contributed by atoms with Crippen molar-refractivity contribution in [1.82, 2.24) is 14.9 Å². The van der Waals surface area contributed by atoms with E-state index in [0.717, 1.165) is 67.6 Å². The zero-order chi connectivity index (χ0) is 27.3. The molecule has 4 heterocycles. The Morgan fingerprint density at radius 1 is 0.975 bits per heavy atom. The molecule has 214 valence electrons. The molecule has 0 saturated carbocycles. The SMILES string of the molecule is COc1nc2c(NC3CCN(c4ccccc4F)CC3)c3c(nc2cc1COCCN1CCCC1)CCCCC3. The van der Waals surface area contributed by atoms with E-state index in [2.05, 4.69) is 21.2 Å². The second-order valence-corrected chi connectivity index (χ2v) is 11.5. The topological polar surface area (TPSA) is 62.8 Å². The normalized spacial score (nSPS) is 18.6. The molecule has 3 aliphatic rings. The number of fused-ring (bicyclic) bond motifs is 2. The smallest absolute Gasteiger partial charge is 0.219 e. The minimum atomic E-state index is -0.147. The first-order valence-corrected chi connectivity index (χ1v) is 15.1. The number of likely N-dealkylation sites (tertiary alicyclic amines) is 1. The van der Waals surface area contributed by atoms with Crippen molar-refractivity contribution in [2.24, 2.45) is 0 Å². The summed E-state index contributed by atoms with van der Waals surface area (Å²) >= 11 is 0. The van der Waals surface area contributed by atoms with Gasteiger partial charge in [-0.15, -0.1) is 0 Å². The summed E-state index contributed by atoms with van der Waals surface area (Å²) in [5.74, 6) is 0.466. The number of benzene rings is 1. The predicted molar refractivity (Wildman–Crippen MR) is 158 cm³/mol. The van der Waals surface area contributed by atoms with Crippen LogP contribution in [-0.2, 0) is 24.2 Å². The lowest BCUT2D eigenvalue weighted by atomic mass is 10.00. The average Bonchev–Trinajstić information content (AvgIpc) is 3.39. The van der Waals surface area contributed by atoms with E-state index in [1.165, 1.54) is 56.5 Å². The maximum Gasteiger partial charge on any atom is 0.219 e. The van der Waals surface area contributed by atoms with Gasteiger partial charge in [0, 0.05) is 36.9 Å². The van der Waals surface area contributed by atoms with Gasteiger partial charge in [-0.2, -0.15) is 0 Å². The highest BCUT2D eigenvalue weighted by Crippen LogP contribution is 2.36. The van der Waals surface area contributed by atoms with Crippen molar-refractivity contribution in [1.29, 1.82) is 0 Å². The lowest BCUT2D eigenvalue weighted by Crippen LogP contribution is -2.39. The largest absolute Gasteiger partial charge is 0.481 e. The van der Waals surface area contributed by atoms with Crippen molar-refractivity contribution < 1.29 is 13.9 Å². The van der Waals surface area contributed by atoms with Gasteiger partial charge in [-0.3, -0.25) is 4.98 Å². The van der Waals surface area contributed by atoms with Gasteiger partial charge in [-0.1, -0.05) is 18.6 Å². The molecule has 3 aromatic rings. The molecule has 0 amide bonds. The third-order valence-electron chi connectivity index (χ3n) is 8.76. The molecule has 6 rings (SSSR count). The summed E-state index contributed by atoms with van der Waals surface area (Å²) in [7, 11) is 1.68. The number of nitrogens with zero attached hydrogens (tertiary/aromatic N) is 4. The minimum absolute atomic E-state index is 0.147. The van der Waals surface area contributed by atoms with Crippen molar-refractivity contribution in [2.75, 3.05) is 56.7 Å². The number of pyridine rings is 2. The van der Waals surface area contributed by atoms with Crippen LogP contribution < -0.4 is 15.0 Å². The number of rotatable bonds is 9. The molecule has 40 heavy (non-hydrogen) atoms. The Morgan fingerprint density at radius 3 is 2.58 bits per heavy atom. The van der Waals surface area contributed by atoms with Gasteiger partial charge in [-0.25, -0.2) is 9.37 Å². The second kappa shape index (κ2) is 12.7. The van der Waals surface area contributed by atoms with Gasteiger partial charge in [-0.05, 0) is 88.2 Å². The maximum atomic E-state index is 14.4. The van der Waals surface area contributed by atoms with Gasteiger partial charge >= 0.3 is 0 Å². The first kappa shape index (κ1) is 27.2. The summed E-state index contributed by atoms with van der Waals surface area (Å²) in [6.07, 6.45) is 10.0. The van der Waals surface area contributed by atoms with Crippen LogP contribution in [0.3, 0.4) is 0 Å². The van der Waals surface area contributed by atoms with Crippen LogP contribution in [0.1, 0.15) is 61.8 Å². The summed E-state index contributed by atoms with van der Waals surface area (Å²) in [6, 6.07) is 9.50. The van der Waals surface area contributed by atoms with Crippen molar-refractivity contribution in [3.05, 3.63) is 53.0 Å². The molecule has 1 N–H and O–H groups in total. The highest BCUT2D eigenvalue weighted by atomic mass is 19.1. The highest BCUT2D eigenvalue weighted by molar-refractivity contribution is 5.91. The zero-order valence-corrected chi connectivity index (χ0v) is 23.8. The Kier molecular flexibility index (Phi) is 8.63. The predicted octanol–water partition coefficient (Wildman–Crippen LogP) is 5.74. The van der Waals surface area contributed by atoms with E-state index >= 15 is 0 Å². The Bertz CT molecular complexity index is 1300. The Balaban J connectivity index is 1.23. The molecule has 8 heteroatoms. The summed E-state index contributed by atoms with van der Waals surface area (Å²) in [5.41, 5.74) is 7.06.